The van der Waals surface area contributed by atoms with Gasteiger partial charge in [-0.1, -0.05) is 0 Å². The summed E-state index contributed by atoms with van der Waals surface area (Å²) in [4.78, 5) is 13.4. The Labute approximate surface area is 526 Å². The molecule has 0 radical (unpaired) electrons. The van der Waals surface area contributed by atoms with Crippen molar-refractivity contribution in [3.05, 3.63) is 155 Å². The van der Waals surface area contributed by atoms with Gasteiger partial charge < -0.3 is 34.9 Å². The number of aliphatic hydroxyl groups is 1. The first-order valence-electron chi connectivity index (χ1n) is 32.1. The molecule has 12 rings (SSSR count). The Morgan fingerprint density at radius 3 is 1.20 bits per heavy atom. The summed E-state index contributed by atoms with van der Waals surface area (Å²) in [6, 6.07) is 0. The van der Waals surface area contributed by atoms with Gasteiger partial charge in [0.1, 0.15) is 23.2 Å². The molecule has 466 valence electrons. The number of benzene rings is 6. The third-order valence-electron chi connectivity index (χ3n) is 23.7. The van der Waals surface area contributed by atoms with Gasteiger partial charge in [-0.3, -0.25) is 0 Å². The van der Waals surface area contributed by atoms with Crippen LogP contribution in [-0.2, 0) is 5.79 Å². The summed E-state index contributed by atoms with van der Waals surface area (Å²) >= 11 is 0. The second-order valence-electron chi connectivity index (χ2n) is 29.1. The standard InChI is InChI=1S/C27H35NO2.C27H35NO.C26H31NO2/c1-12-13(2)17(6)25-21(14(12)3)20-15(4)16(5)24-22(23(20)27(11,29)30-25)18(7)19(8)26(9,10)28-24;1-12-13(2)17(6)26-23(14(12)3)21-15(4)16(5)25-22(24(21)20(9)29-26)18(7)19(8)27(10,11)28-25;1-11-12(2)16(6)24-21(13(11)3)19-14(4)15(5)23-20(22(19)25(28)29-24)17(7)18(8)26(9,10)27-23/h28-29H,1-11H3;20,28H,1-11H3;27H,1-10H3. The zero-order valence-corrected chi connectivity index (χ0v) is 59.7. The minimum atomic E-state index is -1.41. The fourth-order valence-corrected chi connectivity index (χ4v) is 15.6. The first-order valence-corrected chi connectivity index (χ1v) is 32.1. The topological polar surface area (TPSA) is 105 Å². The van der Waals surface area contributed by atoms with Crippen molar-refractivity contribution in [2.45, 2.75) is 250 Å². The monoisotopic (exact) mass is 1180 g/mol. The Kier molecular flexibility index (Phi) is 15.1. The summed E-state index contributed by atoms with van der Waals surface area (Å²) in [6.45, 7) is 69.8. The van der Waals surface area contributed by atoms with E-state index in [1.165, 1.54) is 145 Å². The number of hydrogen-bond acceptors (Lipinski definition) is 8. The molecule has 2 atom stereocenters. The molecule has 5 aliphatic heterocycles. The van der Waals surface area contributed by atoms with Crippen LogP contribution in [0.5, 0.6) is 11.5 Å². The lowest BCUT2D eigenvalue weighted by Crippen LogP contribution is -2.40. The molecule has 6 heterocycles. The molecule has 0 amide bonds. The van der Waals surface area contributed by atoms with Crippen molar-refractivity contribution in [1.82, 2.24) is 0 Å². The smallest absolute Gasteiger partial charge is 0.344 e. The molecule has 0 saturated carbocycles. The Bertz CT molecular complexity index is 4520. The van der Waals surface area contributed by atoms with E-state index in [4.69, 9.17) is 13.9 Å². The highest BCUT2D eigenvalue weighted by Crippen LogP contribution is 2.59. The SMILES string of the molecule is CC1=C(C)C(C)(C)Nc2c(C)c(C)c3c(c21)C(C)(O)Oc1c(C)c(C)c(C)c(C)c1-3.CC1=C(C)C(C)(C)Nc2c(C)c(C)c3c(c21)C(C)Oc1c(C)c(C)c(C)c(C)c1-3.CC1=C(C)C(C)(C)Nc2c(C)c(C)c3c(c21)c(=O)oc1c(C)c(C)c(C)c(C)c13. The molecule has 8 nitrogen and oxygen atoms in total. The molecule has 2 unspecified atom stereocenters. The molecule has 6 aromatic carbocycles. The number of fused-ring (bicyclic) bond motifs is 15. The molecular weight excluding hydrogens is 1080 g/mol. The number of hydrogen-bond donors (Lipinski definition) is 4. The Hall–Kier alpha value is -7.03. The Morgan fingerprint density at radius 2 is 0.705 bits per heavy atom. The van der Waals surface area contributed by atoms with Crippen LogP contribution >= 0.6 is 0 Å². The van der Waals surface area contributed by atoms with Crippen LogP contribution in [0.15, 0.2) is 25.9 Å². The van der Waals surface area contributed by atoms with Crippen molar-refractivity contribution in [1.29, 1.82) is 0 Å². The summed E-state index contributed by atoms with van der Waals surface area (Å²) in [5.74, 6) is 0.489. The molecular formula is C80H101N3O5. The van der Waals surface area contributed by atoms with Crippen LogP contribution in [0.3, 0.4) is 0 Å². The van der Waals surface area contributed by atoms with Crippen molar-refractivity contribution < 1.29 is 19.0 Å². The molecule has 88 heavy (non-hydrogen) atoms. The summed E-state index contributed by atoms with van der Waals surface area (Å²) in [5.41, 5.74) is 44.4. The average molecular weight is 1180 g/mol. The average Bonchev–Trinajstić information content (AvgIpc) is 0.744. The highest BCUT2D eigenvalue weighted by atomic mass is 16.6. The maximum atomic E-state index is 13.4. The summed E-state index contributed by atoms with van der Waals surface area (Å²) in [6.07, 6.45) is 0.0246. The van der Waals surface area contributed by atoms with Crippen LogP contribution in [0.2, 0.25) is 0 Å². The van der Waals surface area contributed by atoms with E-state index in [0.717, 1.165) is 83.7 Å². The van der Waals surface area contributed by atoms with E-state index in [1.54, 1.807) is 6.92 Å². The predicted molar refractivity (Wildman–Crippen MR) is 376 cm³/mol. The van der Waals surface area contributed by atoms with Crippen molar-refractivity contribution >= 4 is 55.5 Å². The van der Waals surface area contributed by atoms with Crippen LogP contribution in [0.1, 0.15) is 231 Å². The molecule has 0 spiro atoms. The van der Waals surface area contributed by atoms with Gasteiger partial charge in [0.25, 0.3) is 0 Å². The second-order valence-corrected chi connectivity index (χ2v) is 29.1. The molecule has 0 saturated heterocycles. The normalized spacial score (nSPS) is 18.9. The predicted octanol–water partition coefficient (Wildman–Crippen LogP) is 21.2. The minimum absolute atomic E-state index is 0.0246. The number of aryl methyl sites for hydroxylation is 3. The first kappa shape index (κ1) is 64.0. The van der Waals surface area contributed by atoms with Gasteiger partial charge in [-0.2, -0.15) is 0 Å². The van der Waals surface area contributed by atoms with Gasteiger partial charge in [-0.15, -0.1) is 0 Å². The Balaban J connectivity index is 0.000000146. The lowest BCUT2D eigenvalue weighted by molar-refractivity contribution is -0.131. The van der Waals surface area contributed by atoms with Gasteiger partial charge in [-0.05, 0) is 359 Å². The Morgan fingerprint density at radius 1 is 0.352 bits per heavy atom. The molecule has 8 heteroatoms. The van der Waals surface area contributed by atoms with Crippen LogP contribution in [0, 0.1) is 125 Å². The van der Waals surface area contributed by atoms with Crippen LogP contribution in [0.4, 0.5) is 17.1 Å². The van der Waals surface area contributed by atoms with Crippen molar-refractivity contribution in [3.8, 4) is 33.8 Å². The van der Waals surface area contributed by atoms with Crippen molar-refractivity contribution in [2.75, 3.05) is 16.0 Å². The zero-order chi connectivity index (χ0) is 65.6. The molecule has 0 fully saturated rings. The van der Waals surface area contributed by atoms with E-state index in [-0.39, 0.29) is 28.3 Å². The number of ether oxygens (including phenoxy) is 2. The van der Waals surface area contributed by atoms with E-state index < -0.39 is 5.79 Å². The van der Waals surface area contributed by atoms with Gasteiger partial charge in [0.05, 0.1) is 22.0 Å². The molecule has 0 aliphatic carbocycles. The number of nitrogens with one attached hydrogen (secondary N) is 3. The third-order valence-corrected chi connectivity index (χ3v) is 23.7. The van der Waals surface area contributed by atoms with Crippen molar-refractivity contribution in [3.63, 3.8) is 0 Å². The molecule has 1 aromatic heterocycles. The lowest BCUT2D eigenvalue weighted by Gasteiger charge is -2.44. The van der Waals surface area contributed by atoms with E-state index in [2.05, 4.69) is 231 Å². The van der Waals surface area contributed by atoms with Crippen LogP contribution < -0.4 is 31.0 Å². The second kappa shape index (κ2) is 20.8. The van der Waals surface area contributed by atoms with Gasteiger partial charge in [0, 0.05) is 73.7 Å². The van der Waals surface area contributed by atoms with Gasteiger partial charge in [0.2, 0.25) is 5.79 Å². The fourth-order valence-electron chi connectivity index (χ4n) is 15.6. The number of allylic oxidation sites excluding steroid dienone is 3. The van der Waals surface area contributed by atoms with Gasteiger partial charge in [-0.25, -0.2) is 4.79 Å². The molecule has 0 bridgehead atoms. The largest absolute Gasteiger partial charge is 0.485 e. The summed E-state index contributed by atoms with van der Waals surface area (Å²) < 4.78 is 19.1. The highest BCUT2D eigenvalue weighted by Gasteiger charge is 2.45. The minimum Gasteiger partial charge on any atom is -0.485 e. The first-order chi connectivity index (χ1) is 40.5. The maximum absolute atomic E-state index is 13.4. The zero-order valence-electron chi connectivity index (χ0n) is 59.7. The van der Waals surface area contributed by atoms with E-state index >= 15 is 0 Å². The highest BCUT2D eigenvalue weighted by molar-refractivity contribution is 6.15. The number of rotatable bonds is 0. The van der Waals surface area contributed by atoms with Crippen LogP contribution in [0.25, 0.3) is 60.7 Å². The van der Waals surface area contributed by atoms with E-state index in [1.807, 2.05) is 0 Å². The van der Waals surface area contributed by atoms with Crippen molar-refractivity contribution in [2.24, 2.45) is 0 Å². The van der Waals surface area contributed by atoms with Crippen LogP contribution in [-0.4, -0.2) is 21.7 Å². The molecule has 5 aliphatic rings. The fraction of sp³-hybridized carbons (Fsp3) is 0.463. The summed E-state index contributed by atoms with van der Waals surface area (Å²) in [7, 11) is 0. The van der Waals surface area contributed by atoms with Gasteiger partial charge in [0.15, 0.2) is 0 Å². The summed E-state index contributed by atoms with van der Waals surface area (Å²) in [5, 5.41) is 25.8. The van der Waals surface area contributed by atoms with Gasteiger partial charge >= 0.3 is 5.63 Å². The van der Waals surface area contributed by atoms with E-state index in [0.29, 0.717) is 5.39 Å². The molecule has 7 aromatic rings. The quantitative estimate of drug-likeness (QED) is 0.0879. The molecule has 4 N–H and O–H groups in total. The maximum Gasteiger partial charge on any atom is 0.344 e. The van der Waals surface area contributed by atoms with E-state index in [9.17, 15) is 9.90 Å². The number of anilines is 3. The third kappa shape index (κ3) is 8.85. The lowest BCUT2D eigenvalue weighted by atomic mass is 9.73.